The molecule has 2 N–H and O–H groups in total. The van der Waals surface area contributed by atoms with Crippen molar-refractivity contribution < 1.29 is 9.53 Å². The van der Waals surface area contributed by atoms with Gasteiger partial charge in [0.25, 0.3) is 0 Å². The molecule has 0 radical (unpaired) electrons. The van der Waals surface area contributed by atoms with Gasteiger partial charge in [0, 0.05) is 0 Å². The van der Waals surface area contributed by atoms with E-state index in [0.717, 1.165) is 18.1 Å². The van der Waals surface area contributed by atoms with E-state index in [9.17, 15) is 4.79 Å². The van der Waals surface area contributed by atoms with E-state index in [4.69, 9.17) is 10.5 Å². The predicted octanol–water partition coefficient (Wildman–Crippen LogP) is 1.80. The summed E-state index contributed by atoms with van der Waals surface area (Å²) in [4.78, 5) is 11.4. The fourth-order valence-electron chi connectivity index (χ4n) is 1.58. The molecule has 0 aromatic heterocycles. The lowest BCUT2D eigenvalue weighted by Crippen LogP contribution is -2.33. The van der Waals surface area contributed by atoms with Crippen LogP contribution in [0.15, 0.2) is 0 Å². The maximum atomic E-state index is 11.4. The molecule has 4 heteroatoms. The molecule has 0 unspecified atom stereocenters. The normalized spacial score (nSPS) is 18.3. The van der Waals surface area contributed by atoms with E-state index in [0.29, 0.717) is 13.0 Å². The van der Waals surface area contributed by atoms with Crippen LogP contribution in [0.5, 0.6) is 0 Å². The quantitative estimate of drug-likeness (QED) is 0.679. The molecule has 1 atom stereocenters. The number of rotatable bonds is 7. The molecule has 0 aromatic rings. The lowest BCUT2D eigenvalue weighted by atomic mass is 9.83. The highest BCUT2D eigenvalue weighted by Gasteiger charge is 2.19. The summed E-state index contributed by atoms with van der Waals surface area (Å²) >= 11 is 1.70. The predicted molar refractivity (Wildman–Crippen MR) is 63.9 cm³/mol. The molecule has 1 aliphatic rings. The van der Waals surface area contributed by atoms with E-state index in [2.05, 4.69) is 0 Å². The van der Waals surface area contributed by atoms with Crippen molar-refractivity contribution in [2.75, 3.05) is 18.6 Å². The van der Waals surface area contributed by atoms with Crippen molar-refractivity contribution in [2.45, 2.75) is 38.1 Å². The van der Waals surface area contributed by atoms with Crippen LogP contribution in [0.25, 0.3) is 0 Å². The van der Waals surface area contributed by atoms with Crippen LogP contribution in [0.4, 0.5) is 0 Å². The van der Waals surface area contributed by atoms with Crippen molar-refractivity contribution in [3.8, 4) is 0 Å². The van der Waals surface area contributed by atoms with Gasteiger partial charge in [0.1, 0.15) is 6.04 Å². The number of carbonyl (C=O) groups is 1. The van der Waals surface area contributed by atoms with Crippen LogP contribution in [0.1, 0.15) is 32.1 Å². The van der Waals surface area contributed by atoms with Gasteiger partial charge in [-0.25, -0.2) is 0 Å². The van der Waals surface area contributed by atoms with E-state index < -0.39 is 6.04 Å². The van der Waals surface area contributed by atoms with Crippen molar-refractivity contribution in [3.63, 3.8) is 0 Å². The molecule has 0 aromatic carbocycles. The molecule has 88 valence electrons. The summed E-state index contributed by atoms with van der Waals surface area (Å²) in [7, 11) is 0. The molecule has 1 rings (SSSR count). The Labute approximate surface area is 96.1 Å². The van der Waals surface area contributed by atoms with Gasteiger partial charge in [0.2, 0.25) is 0 Å². The lowest BCUT2D eigenvalue weighted by molar-refractivity contribution is -0.145. The third-order valence-corrected chi connectivity index (χ3v) is 3.57. The first-order valence-electron chi connectivity index (χ1n) is 5.65. The van der Waals surface area contributed by atoms with Gasteiger partial charge in [-0.3, -0.25) is 4.79 Å². The Kier molecular flexibility index (Phi) is 6.10. The maximum absolute atomic E-state index is 11.4. The molecular weight excluding hydrogens is 210 g/mol. The molecule has 0 spiro atoms. The summed E-state index contributed by atoms with van der Waals surface area (Å²) in [6, 6.07) is -0.432. The van der Waals surface area contributed by atoms with Crippen molar-refractivity contribution in [1.29, 1.82) is 0 Å². The van der Waals surface area contributed by atoms with Gasteiger partial charge in [-0.1, -0.05) is 19.3 Å². The molecular formula is C11H21NO2S. The number of nitrogens with two attached hydrogens (primary N) is 1. The minimum absolute atomic E-state index is 0.233. The van der Waals surface area contributed by atoms with Crippen molar-refractivity contribution >= 4 is 17.7 Å². The van der Waals surface area contributed by atoms with Gasteiger partial charge in [-0.15, -0.1) is 0 Å². The van der Waals surface area contributed by atoms with Gasteiger partial charge < -0.3 is 10.5 Å². The molecule has 1 aliphatic carbocycles. The number of carbonyl (C=O) groups excluding carboxylic acids is 1. The fourth-order valence-corrected chi connectivity index (χ4v) is 2.07. The van der Waals surface area contributed by atoms with Crippen LogP contribution in [0.3, 0.4) is 0 Å². The molecule has 0 heterocycles. The van der Waals surface area contributed by atoms with Gasteiger partial charge >= 0.3 is 5.97 Å². The number of esters is 1. The minimum Gasteiger partial charge on any atom is -0.465 e. The first-order chi connectivity index (χ1) is 7.24. The third kappa shape index (κ3) is 4.89. The summed E-state index contributed by atoms with van der Waals surface area (Å²) in [5, 5.41) is 0. The Balaban J connectivity index is 2.00. The smallest absolute Gasteiger partial charge is 0.322 e. The molecule has 0 amide bonds. The third-order valence-electron chi connectivity index (χ3n) is 2.93. The van der Waals surface area contributed by atoms with Crippen LogP contribution in [-0.4, -0.2) is 30.6 Å². The molecule has 0 bridgehead atoms. The van der Waals surface area contributed by atoms with Gasteiger partial charge in [0.05, 0.1) is 6.61 Å². The van der Waals surface area contributed by atoms with Gasteiger partial charge in [0.15, 0.2) is 0 Å². The number of thioether (sulfide) groups is 1. The Bertz CT molecular complexity index is 195. The summed E-state index contributed by atoms with van der Waals surface area (Å²) < 4.78 is 5.13. The van der Waals surface area contributed by atoms with E-state index in [-0.39, 0.29) is 5.97 Å². The molecule has 3 nitrogen and oxygen atoms in total. The van der Waals surface area contributed by atoms with Crippen molar-refractivity contribution in [1.82, 2.24) is 0 Å². The zero-order valence-electron chi connectivity index (χ0n) is 9.41. The summed E-state index contributed by atoms with van der Waals surface area (Å²) in [5.74, 6) is 1.47. The van der Waals surface area contributed by atoms with E-state index in [1.807, 2.05) is 6.26 Å². The topological polar surface area (TPSA) is 52.3 Å². The van der Waals surface area contributed by atoms with Crippen LogP contribution in [0, 0.1) is 5.92 Å². The highest BCUT2D eigenvalue weighted by molar-refractivity contribution is 7.98. The second kappa shape index (κ2) is 7.12. The largest absolute Gasteiger partial charge is 0.465 e. The summed E-state index contributed by atoms with van der Waals surface area (Å²) in [6.45, 7) is 0.552. The lowest BCUT2D eigenvalue weighted by Gasteiger charge is -2.25. The zero-order chi connectivity index (χ0) is 11.1. The van der Waals surface area contributed by atoms with Crippen LogP contribution >= 0.6 is 11.8 Å². The Morgan fingerprint density at radius 2 is 2.33 bits per heavy atom. The zero-order valence-corrected chi connectivity index (χ0v) is 10.2. The number of hydrogen-bond donors (Lipinski definition) is 1. The SMILES string of the molecule is CSCC[C@@H](N)C(=O)OCCC1CCC1. The van der Waals surface area contributed by atoms with Crippen LogP contribution in [-0.2, 0) is 9.53 Å². The number of ether oxygens (including phenoxy) is 1. The highest BCUT2D eigenvalue weighted by atomic mass is 32.2. The van der Waals surface area contributed by atoms with E-state index in [1.165, 1.54) is 19.3 Å². The molecule has 0 aliphatic heterocycles. The second-order valence-corrected chi connectivity index (χ2v) is 5.13. The highest BCUT2D eigenvalue weighted by Crippen LogP contribution is 2.29. The fraction of sp³-hybridized carbons (Fsp3) is 0.909. The molecule has 0 saturated heterocycles. The van der Waals surface area contributed by atoms with Gasteiger partial charge in [-0.2, -0.15) is 11.8 Å². The average molecular weight is 231 g/mol. The second-order valence-electron chi connectivity index (χ2n) is 4.14. The van der Waals surface area contributed by atoms with Gasteiger partial charge in [-0.05, 0) is 30.8 Å². The summed E-state index contributed by atoms with van der Waals surface area (Å²) in [6.07, 6.45) is 7.68. The van der Waals surface area contributed by atoms with Crippen molar-refractivity contribution in [2.24, 2.45) is 11.7 Å². The van der Waals surface area contributed by atoms with Crippen molar-refractivity contribution in [3.05, 3.63) is 0 Å². The first-order valence-corrected chi connectivity index (χ1v) is 7.04. The first kappa shape index (κ1) is 12.8. The minimum atomic E-state index is -0.432. The van der Waals surface area contributed by atoms with E-state index in [1.54, 1.807) is 11.8 Å². The molecule has 1 saturated carbocycles. The Morgan fingerprint density at radius 3 is 2.87 bits per heavy atom. The van der Waals surface area contributed by atoms with Crippen LogP contribution < -0.4 is 5.73 Å². The van der Waals surface area contributed by atoms with E-state index >= 15 is 0 Å². The summed E-state index contributed by atoms with van der Waals surface area (Å²) in [5.41, 5.74) is 5.68. The molecule has 1 fully saturated rings. The Hall–Kier alpha value is -0.220. The average Bonchev–Trinajstić information content (AvgIpc) is 2.17. The Morgan fingerprint density at radius 1 is 1.60 bits per heavy atom. The monoisotopic (exact) mass is 231 g/mol. The number of hydrogen-bond acceptors (Lipinski definition) is 4. The standard InChI is InChI=1S/C11H21NO2S/c1-15-8-6-10(12)11(13)14-7-5-9-3-2-4-9/h9-10H,2-8,12H2,1H3/t10-/m1/s1. The molecule has 15 heavy (non-hydrogen) atoms. The maximum Gasteiger partial charge on any atom is 0.322 e. The van der Waals surface area contributed by atoms with Crippen LogP contribution in [0.2, 0.25) is 0 Å².